The van der Waals surface area contributed by atoms with Crippen LogP contribution in [0, 0.1) is 0 Å². The SMILES string of the molecule is CC=CN=C(N)C(C)(C)N=NC(C)(C)C(N)=NC=CC. The van der Waals surface area contributed by atoms with Gasteiger partial charge in [0.05, 0.1) is 0 Å². The van der Waals surface area contributed by atoms with E-state index in [1.54, 1.807) is 24.6 Å². The summed E-state index contributed by atoms with van der Waals surface area (Å²) in [6, 6.07) is 0. The maximum absolute atomic E-state index is 5.90. The number of aliphatic imine (C=N–C) groups is 2. The molecule has 0 amide bonds. The second-order valence-electron chi connectivity index (χ2n) is 5.31. The monoisotopic (exact) mass is 278 g/mol. The lowest BCUT2D eigenvalue weighted by Gasteiger charge is -2.22. The van der Waals surface area contributed by atoms with Crippen LogP contribution in [0.5, 0.6) is 0 Å². The highest BCUT2D eigenvalue weighted by molar-refractivity contribution is 5.91. The van der Waals surface area contributed by atoms with Crippen molar-refractivity contribution in [2.45, 2.75) is 52.6 Å². The van der Waals surface area contributed by atoms with Crippen LogP contribution < -0.4 is 11.5 Å². The Kier molecular flexibility index (Phi) is 6.82. The van der Waals surface area contributed by atoms with E-state index in [9.17, 15) is 0 Å². The summed E-state index contributed by atoms with van der Waals surface area (Å²) < 4.78 is 0. The van der Waals surface area contributed by atoms with Gasteiger partial charge in [-0.3, -0.25) is 0 Å². The average molecular weight is 278 g/mol. The van der Waals surface area contributed by atoms with E-state index in [1.165, 1.54) is 0 Å². The van der Waals surface area contributed by atoms with E-state index >= 15 is 0 Å². The van der Waals surface area contributed by atoms with E-state index in [0.717, 1.165) is 0 Å². The Hall–Kier alpha value is -1.98. The number of amidine groups is 2. The number of nitrogens with zero attached hydrogens (tertiary/aromatic N) is 4. The first-order valence-corrected chi connectivity index (χ1v) is 6.51. The standard InChI is InChI=1S/C14H26N6/c1-7-9-17-11(15)13(3,4)19-20-14(5,6)12(16)18-10-8-2/h7-10H,1-6H3,(H2,15,17)(H2,16,18). The van der Waals surface area contributed by atoms with Crippen LogP contribution in [0.4, 0.5) is 0 Å². The lowest BCUT2D eigenvalue weighted by atomic mass is 10.0. The number of azo groups is 1. The zero-order chi connectivity index (χ0) is 15.8. The van der Waals surface area contributed by atoms with E-state index in [0.29, 0.717) is 11.7 Å². The highest BCUT2D eigenvalue weighted by atomic mass is 15.2. The summed E-state index contributed by atoms with van der Waals surface area (Å²) in [4.78, 5) is 8.19. The Balaban J connectivity index is 5.18. The molecule has 0 aliphatic carbocycles. The first-order valence-electron chi connectivity index (χ1n) is 6.51. The molecule has 0 fully saturated rings. The van der Waals surface area contributed by atoms with Crippen LogP contribution in [0.15, 0.2) is 44.8 Å². The summed E-state index contributed by atoms with van der Waals surface area (Å²) >= 11 is 0. The van der Waals surface area contributed by atoms with Crippen molar-refractivity contribution in [2.24, 2.45) is 31.7 Å². The number of allylic oxidation sites excluding steroid dienone is 2. The van der Waals surface area contributed by atoms with Crippen molar-refractivity contribution in [3.8, 4) is 0 Å². The zero-order valence-corrected chi connectivity index (χ0v) is 13.3. The molecule has 0 aliphatic rings. The molecule has 4 N–H and O–H groups in total. The number of rotatable bonds is 6. The Bertz CT molecular complexity index is 410. The number of nitrogens with two attached hydrogens (primary N) is 2. The largest absolute Gasteiger partial charge is 0.385 e. The van der Waals surface area contributed by atoms with Gasteiger partial charge in [0.25, 0.3) is 0 Å². The van der Waals surface area contributed by atoms with Crippen LogP contribution in [0.1, 0.15) is 41.5 Å². The molecule has 112 valence electrons. The highest BCUT2D eigenvalue weighted by Crippen LogP contribution is 2.16. The van der Waals surface area contributed by atoms with Crippen LogP contribution in [0.2, 0.25) is 0 Å². The fourth-order valence-electron chi connectivity index (χ4n) is 0.978. The van der Waals surface area contributed by atoms with Gasteiger partial charge >= 0.3 is 0 Å². The molecule has 0 radical (unpaired) electrons. The molecule has 6 nitrogen and oxygen atoms in total. The van der Waals surface area contributed by atoms with Crippen molar-refractivity contribution in [1.82, 2.24) is 0 Å². The highest BCUT2D eigenvalue weighted by Gasteiger charge is 2.26. The summed E-state index contributed by atoms with van der Waals surface area (Å²) in [7, 11) is 0. The first kappa shape index (κ1) is 18.0. The molecule has 0 aromatic rings. The fraction of sp³-hybridized carbons (Fsp3) is 0.571. The number of hydrogen-bond donors (Lipinski definition) is 2. The van der Waals surface area contributed by atoms with Gasteiger partial charge < -0.3 is 11.5 Å². The van der Waals surface area contributed by atoms with Crippen LogP contribution in [-0.2, 0) is 0 Å². The predicted octanol–water partition coefficient (Wildman–Crippen LogP) is 2.78. The zero-order valence-electron chi connectivity index (χ0n) is 13.3. The molecule has 6 heteroatoms. The minimum absolute atomic E-state index is 0.388. The van der Waals surface area contributed by atoms with E-state index in [1.807, 2.05) is 41.5 Å². The van der Waals surface area contributed by atoms with Gasteiger partial charge in [-0.1, -0.05) is 12.2 Å². The average Bonchev–Trinajstić information content (AvgIpc) is 2.39. The molecule has 0 unspecified atom stereocenters. The second kappa shape index (κ2) is 7.57. The van der Waals surface area contributed by atoms with Crippen molar-refractivity contribution in [3.05, 3.63) is 24.6 Å². The molecule has 20 heavy (non-hydrogen) atoms. The Labute approximate surface area is 121 Å². The molecule has 0 saturated carbocycles. The molecule has 0 aliphatic heterocycles. The lowest BCUT2D eigenvalue weighted by Crippen LogP contribution is -2.39. The van der Waals surface area contributed by atoms with Crippen molar-refractivity contribution in [1.29, 1.82) is 0 Å². The van der Waals surface area contributed by atoms with Gasteiger partial charge in [-0.05, 0) is 41.5 Å². The Morgan fingerprint density at radius 2 is 1.05 bits per heavy atom. The van der Waals surface area contributed by atoms with E-state index in [4.69, 9.17) is 11.5 Å². The van der Waals surface area contributed by atoms with Crippen molar-refractivity contribution >= 4 is 11.7 Å². The fourth-order valence-corrected chi connectivity index (χ4v) is 0.978. The minimum atomic E-state index is -0.697. The lowest BCUT2D eigenvalue weighted by molar-refractivity contribution is 0.560. The van der Waals surface area contributed by atoms with Gasteiger partial charge in [-0.15, -0.1) is 0 Å². The second-order valence-corrected chi connectivity index (χ2v) is 5.31. The molecule has 0 aromatic heterocycles. The first-order chi connectivity index (χ1) is 9.17. The summed E-state index contributed by atoms with van der Waals surface area (Å²) in [6.45, 7) is 11.1. The van der Waals surface area contributed by atoms with Gasteiger partial charge in [-0.25, -0.2) is 9.98 Å². The van der Waals surface area contributed by atoms with Gasteiger partial charge in [0.2, 0.25) is 0 Å². The molecule has 0 spiro atoms. The third-order valence-electron chi connectivity index (χ3n) is 2.53. The smallest absolute Gasteiger partial charge is 0.133 e. The molecule has 0 rings (SSSR count). The molecule has 0 atom stereocenters. The van der Waals surface area contributed by atoms with Crippen molar-refractivity contribution in [3.63, 3.8) is 0 Å². The summed E-state index contributed by atoms with van der Waals surface area (Å²) in [5.41, 5.74) is 10.4. The van der Waals surface area contributed by atoms with E-state index < -0.39 is 11.1 Å². The molecule has 0 aromatic carbocycles. The quantitative estimate of drug-likeness (QED) is 0.443. The van der Waals surface area contributed by atoms with Crippen LogP contribution in [0.25, 0.3) is 0 Å². The molecule has 0 heterocycles. The molecular formula is C14H26N6. The maximum atomic E-state index is 5.90. The molecule has 0 bridgehead atoms. The third-order valence-corrected chi connectivity index (χ3v) is 2.53. The summed E-state index contributed by atoms with van der Waals surface area (Å²) in [5.74, 6) is 0.776. The van der Waals surface area contributed by atoms with Gasteiger partial charge in [0.15, 0.2) is 0 Å². The van der Waals surface area contributed by atoms with E-state index in [-0.39, 0.29) is 0 Å². The molecule has 0 saturated heterocycles. The number of hydrogen-bond acceptors (Lipinski definition) is 4. The normalized spacial score (nSPS) is 15.9. The van der Waals surface area contributed by atoms with Crippen molar-refractivity contribution < 1.29 is 0 Å². The Morgan fingerprint density at radius 3 is 1.30 bits per heavy atom. The van der Waals surface area contributed by atoms with Crippen LogP contribution in [0.3, 0.4) is 0 Å². The maximum Gasteiger partial charge on any atom is 0.133 e. The predicted molar refractivity (Wildman–Crippen MR) is 85.9 cm³/mol. The van der Waals surface area contributed by atoms with Gasteiger partial charge in [0, 0.05) is 12.4 Å². The molecular weight excluding hydrogens is 252 g/mol. The minimum Gasteiger partial charge on any atom is -0.385 e. The Morgan fingerprint density at radius 1 is 0.750 bits per heavy atom. The van der Waals surface area contributed by atoms with Gasteiger partial charge in [0.1, 0.15) is 22.7 Å². The van der Waals surface area contributed by atoms with Crippen LogP contribution >= 0.6 is 0 Å². The van der Waals surface area contributed by atoms with E-state index in [2.05, 4.69) is 20.2 Å². The topological polar surface area (TPSA) is 101 Å². The van der Waals surface area contributed by atoms with Crippen LogP contribution in [-0.4, -0.2) is 22.7 Å². The summed E-state index contributed by atoms with van der Waals surface area (Å²) in [5, 5.41) is 8.52. The van der Waals surface area contributed by atoms with Crippen molar-refractivity contribution in [2.75, 3.05) is 0 Å². The summed E-state index contributed by atoms with van der Waals surface area (Å²) in [6.07, 6.45) is 6.84. The third kappa shape index (κ3) is 5.77. The van der Waals surface area contributed by atoms with Gasteiger partial charge in [-0.2, -0.15) is 10.2 Å².